The summed E-state index contributed by atoms with van der Waals surface area (Å²) in [5.41, 5.74) is 8.64. The van der Waals surface area contributed by atoms with Crippen molar-refractivity contribution in [3.8, 4) is 0 Å². The number of hydrogen-bond donors (Lipinski definition) is 2. The van der Waals surface area contributed by atoms with Gasteiger partial charge in [-0.2, -0.15) is 5.10 Å². The van der Waals surface area contributed by atoms with Gasteiger partial charge in [-0.1, -0.05) is 12.1 Å². The lowest BCUT2D eigenvalue weighted by Crippen LogP contribution is -2.25. The summed E-state index contributed by atoms with van der Waals surface area (Å²) in [5, 5.41) is 3.76. The third-order valence-electron chi connectivity index (χ3n) is 2.02. The van der Waals surface area contributed by atoms with Gasteiger partial charge in [0.2, 0.25) is 0 Å². The standard InChI is InChI=1S/C11H14FN3O/c1-8(14-15-11(13)16)5-6-9-3-2-4-10(12)7-9/h2-4,7H,5-6H2,1H3,(H3,13,15,16). The molecule has 0 atom stereocenters. The summed E-state index contributed by atoms with van der Waals surface area (Å²) in [6, 6.07) is 5.70. The third kappa shape index (κ3) is 4.54. The Morgan fingerprint density at radius 3 is 2.94 bits per heavy atom. The van der Waals surface area contributed by atoms with E-state index in [1.165, 1.54) is 12.1 Å². The van der Waals surface area contributed by atoms with Gasteiger partial charge in [0.05, 0.1) is 0 Å². The highest BCUT2D eigenvalue weighted by Gasteiger charge is 1.98. The van der Waals surface area contributed by atoms with Crippen molar-refractivity contribution in [3.05, 3.63) is 35.6 Å². The Morgan fingerprint density at radius 2 is 2.31 bits per heavy atom. The van der Waals surface area contributed by atoms with Crippen molar-refractivity contribution in [2.24, 2.45) is 10.8 Å². The van der Waals surface area contributed by atoms with Gasteiger partial charge >= 0.3 is 6.03 Å². The predicted molar refractivity (Wildman–Crippen MR) is 60.5 cm³/mol. The van der Waals surface area contributed by atoms with Crippen LogP contribution < -0.4 is 11.2 Å². The van der Waals surface area contributed by atoms with Gasteiger partial charge < -0.3 is 5.73 Å². The number of benzene rings is 1. The number of nitrogens with zero attached hydrogens (tertiary/aromatic N) is 1. The number of nitrogens with two attached hydrogens (primary N) is 1. The molecule has 0 heterocycles. The van der Waals surface area contributed by atoms with E-state index < -0.39 is 6.03 Å². The van der Waals surface area contributed by atoms with Gasteiger partial charge in [-0.25, -0.2) is 14.6 Å². The molecule has 0 aliphatic rings. The van der Waals surface area contributed by atoms with E-state index in [1.54, 1.807) is 13.0 Å². The fourth-order valence-electron chi connectivity index (χ4n) is 1.22. The zero-order valence-electron chi connectivity index (χ0n) is 9.03. The van der Waals surface area contributed by atoms with Crippen LogP contribution in [0.4, 0.5) is 9.18 Å². The Hall–Kier alpha value is -1.91. The van der Waals surface area contributed by atoms with Crippen LogP contribution in [-0.2, 0) is 6.42 Å². The van der Waals surface area contributed by atoms with Crippen LogP contribution in [0.25, 0.3) is 0 Å². The van der Waals surface area contributed by atoms with Crippen molar-refractivity contribution in [2.45, 2.75) is 19.8 Å². The maximum Gasteiger partial charge on any atom is 0.332 e. The monoisotopic (exact) mass is 223 g/mol. The molecule has 16 heavy (non-hydrogen) atoms. The van der Waals surface area contributed by atoms with E-state index in [0.717, 1.165) is 11.3 Å². The highest BCUT2D eigenvalue weighted by molar-refractivity contribution is 5.83. The van der Waals surface area contributed by atoms with Crippen molar-refractivity contribution in [2.75, 3.05) is 0 Å². The molecule has 1 rings (SSSR count). The SMILES string of the molecule is CC(CCc1cccc(F)c1)=NNC(N)=O. The van der Waals surface area contributed by atoms with E-state index in [0.29, 0.717) is 12.8 Å². The number of primary amides is 1. The summed E-state index contributed by atoms with van der Waals surface area (Å²) < 4.78 is 12.8. The molecule has 1 aromatic rings. The summed E-state index contributed by atoms with van der Waals surface area (Å²) in [7, 11) is 0. The molecule has 1 aromatic carbocycles. The van der Waals surface area contributed by atoms with Gasteiger partial charge in [0, 0.05) is 5.71 Å². The number of nitrogens with one attached hydrogen (secondary N) is 1. The number of amides is 2. The Labute approximate surface area is 93.3 Å². The summed E-state index contributed by atoms with van der Waals surface area (Å²) >= 11 is 0. The second kappa shape index (κ2) is 5.85. The summed E-state index contributed by atoms with van der Waals surface area (Å²) in [5.74, 6) is -0.248. The minimum Gasteiger partial charge on any atom is -0.350 e. The average Bonchev–Trinajstić information content (AvgIpc) is 2.23. The van der Waals surface area contributed by atoms with E-state index in [2.05, 4.69) is 10.5 Å². The first-order valence-electron chi connectivity index (χ1n) is 4.91. The van der Waals surface area contributed by atoms with E-state index in [9.17, 15) is 9.18 Å². The Morgan fingerprint density at radius 1 is 1.56 bits per heavy atom. The first-order valence-corrected chi connectivity index (χ1v) is 4.91. The fraction of sp³-hybridized carbons (Fsp3) is 0.273. The summed E-state index contributed by atoms with van der Waals surface area (Å²) in [4.78, 5) is 10.4. The molecular formula is C11H14FN3O. The molecule has 2 amide bonds. The lowest BCUT2D eigenvalue weighted by atomic mass is 10.1. The third-order valence-corrected chi connectivity index (χ3v) is 2.02. The minimum atomic E-state index is -0.690. The topological polar surface area (TPSA) is 67.5 Å². The summed E-state index contributed by atoms with van der Waals surface area (Å²) in [6.45, 7) is 1.77. The quantitative estimate of drug-likeness (QED) is 0.593. The molecule has 5 heteroatoms. The number of hydrogen-bond acceptors (Lipinski definition) is 2. The second-order valence-corrected chi connectivity index (χ2v) is 3.45. The lowest BCUT2D eigenvalue weighted by Gasteiger charge is -2.01. The molecule has 0 fully saturated rings. The maximum atomic E-state index is 12.8. The molecule has 0 spiro atoms. The van der Waals surface area contributed by atoms with Gasteiger partial charge in [0.1, 0.15) is 5.82 Å². The number of halogens is 1. The Kier molecular flexibility index (Phi) is 4.44. The number of carbonyl (C=O) groups is 1. The first-order chi connectivity index (χ1) is 7.58. The van der Waals surface area contributed by atoms with Crippen LogP contribution >= 0.6 is 0 Å². The molecule has 0 aromatic heterocycles. The van der Waals surface area contributed by atoms with Gasteiger partial charge in [-0.05, 0) is 37.5 Å². The van der Waals surface area contributed by atoms with E-state index in [1.807, 2.05) is 6.07 Å². The van der Waals surface area contributed by atoms with Gasteiger partial charge in [0.25, 0.3) is 0 Å². The summed E-state index contributed by atoms with van der Waals surface area (Å²) in [6.07, 6.45) is 1.32. The average molecular weight is 223 g/mol. The molecule has 0 radical (unpaired) electrons. The van der Waals surface area contributed by atoms with Crippen LogP contribution in [0.3, 0.4) is 0 Å². The van der Waals surface area contributed by atoms with Crippen LogP contribution in [-0.4, -0.2) is 11.7 Å². The minimum absolute atomic E-state index is 0.248. The molecule has 0 saturated heterocycles. The lowest BCUT2D eigenvalue weighted by molar-refractivity contribution is 0.249. The van der Waals surface area contributed by atoms with Crippen LogP contribution in [0.1, 0.15) is 18.9 Å². The molecule has 0 unspecified atom stereocenters. The van der Waals surface area contributed by atoms with Gasteiger partial charge in [0.15, 0.2) is 0 Å². The van der Waals surface area contributed by atoms with Crippen LogP contribution in [0, 0.1) is 5.82 Å². The van der Waals surface area contributed by atoms with E-state index in [-0.39, 0.29) is 5.82 Å². The second-order valence-electron chi connectivity index (χ2n) is 3.45. The largest absolute Gasteiger partial charge is 0.350 e. The highest BCUT2D eigenvalue weighted by atomic mass is 19.1. The van der Waals surface area contributed by atoms with Crippen molar-refractivity contribution in [1.29, 1.82) is 0 Å². The molecule has 0 aliphatic heterocycles. The normalized spacial score (nSPS) is 11.2. The van der Waals surface area contributed by atoms with E-state index >= 15 is 0 Å². The molecule has 0 saturated carbocycles. The van der Waals surface area contributed by atoms with Crippen molar-refractivity contribution in [3.63, 3.8) is 0 Å². The van der Waals surface area contributed by atoms with Crippen molar-refractivity contribution >= 4 is 11.7 Å². The van der Waals surface area contributed by atoms with E-state index in [4.69, 9.17) is 5.73 Å². The fourth-order valence-corrected chi connectivity index (χ4v) is 1.22. The van der Waals surface area contributed by atoms with Crippen LogP contribution in [0.2, 0.25) is 0 Å². The number of rotatable bonds is 4. The van der Waals surface area contributed by atoms with Crippen molar-refractivity contribution < 1.29 is 9.18 Å². The van der Waals surface area contributed by atoms with Crippen LogP contribution in [0.5, 0.6) is 0 Å². The molecule has 0 bridgehead atoms. The molecule has 3 N–H and O–H groups in total. The number of aryl methyl sites for hydroxylation is 1. The molecular weight excluding hydrogens is 209 g/mol. The Bertz CT molecular complexity index is 404. The smallest absolute Gasteiger partial charge is 0.332 e. The number of hydrazone groups is 1. The van der Waals surface area contributed by atoms with Gasteiger partial charge in [-0.15, -0.1) is 0 Å². The van der Waals surface area contributed by atoms with Crippen molar-refractivity contribution in [1.82, 2.24) is 5.43 Å². The maximum absolute atomic E-state index is 12.8. The zero-order chi connectivity index (χ0) is 12.0. The first kappa shape index (κ1) is 12.2. The molecule has 86 valence electrons. The zero-order valence-corrected chi connectivity index (χ0v) is 9.03. The predicted octanol–water partition coefficient (Wildman–Crippen LogP) is 1.80. The highest BCUT2D eigenvalue weighted by Crippen LogP contribution is 2.06. The molecule has 0 aliphatic carbocycles. The van der Waals surface area contributed by atoms with Gasteiger partial charge in [-0.3, -0.25) is 0 Å². The van der Waals surface area contributed by atoms with Crippen LogP contribution in [0.15, 0.2) is 29.4 Å². The molecule has 4 nitrogen and oxygen atoms in total. The Balaban J connectivity index is 2.45. The number of carbonyl (C=O) groups excluding carboxylic acids is 1. The number of urea groups is 1.